The quantitative estimate of drug-likeness (QED) is 0.321. The van der Waals surface area contributed by atoms with E-state index in [0.717, 1.165) is 56.8 Å². The SMILES string of the molecule is C=c1[nH]c2c(C(=O)NC3CCCC3)sc3nccc(c32)n1-c1ccc(Oc2ccccc2)cc1C. The molecule has 5 aromatic rings. The van der Waals surface area contributed by atoms with Gasteiger partial charge >= 0.3 is 0 Å². The maximum atomic E-state index is 13.2. The smallest absolute Gasteiger partial charge is 0.263 e. The third-order valence-corrected chi connectivity index (χ3v) is 7.73. The number of aryl methyl sites for hydroxylation is 1. The molecule has 1 saturated carbocycles. The molecule has 0 radical (unpaired) electrons. The number of rotatable bonds is 5. The van der Waals surface area contributed by atoms with Crippen molar-refractivity contribution in [2.45, 2.75) is 38.6 Å². The van der Waals surface area contributed by atoms with E-state index in [1.54, 1.807) is 6.20 Å². The minimum absolute atomic E-state index is 0.0341. The number of hydrogen-bond acceptors (Lipinski definition) is 4. The molecule has 1 aliphatic carbocycles. The monoisotopic (exact) mass is 482 g/mol. The second-order valence-corrected chi connectivity index (χ2v) is 10.0. The van der Waals surface area contributed by atoms with E-state index in [2.05, 4.69) is 33.4 Å². The summed E-state index contributed by atoms with van der Waals surface area (Å²) in [6.45, 7) is 6.37. The number of benzene rings is 2. The summed E-state index contributed by atoms with van der Waals surface area (Å²) in [7, 11) is 0. The summed E-state index contributed by atoms with van der Waals surface area (Å²) in [5.41, 5.74) is 4.49. The molecule has 0 unspecified atom stereocenters. The van der Waals surface area contributed by atoms with Crippen LogP contribution in [0.2, 0.25) is 0 Å². The van der Waals surface area contributed by atoms with Gasteiger partial charge in [-0.3, -0.25) is 9.36 Å². The molecule has 3 aromatic heterocycles. The van der Waals surface area contributed by atoms with Crippen molar-refractivity contribution in [2.75, 3.05) is 0 Å². The Balaban J connectivity index is 1.43. The molecule has 1 fully saturated rings. The molecule has 6 nitrogen and oxygen atoms in total. The summed E-state index contributed by atoms with van der Waals surface area (Å²) in [5, 5.41) is 4.16. The third-order valence-electron chi connectivity index (χ3n) is 6.63. The van der Waals surface area contributed by atoms with Crippen molar-refractivity contribution in [3.8, 4) is 17.2 Å². The second kappa shape index (κ2) is 8.74. The van der Waals surface area contributed by atoms with Crippen molar-refractivity contribution in [2.24, 2.45) is 0 Å². The summed E-state index contributed by atoms with van der Waals surface area (Å²) in [6, 6.07) is 18.0. The molecule has 6 rings (SSSR count). The Morgan fingerprint density at radius 1 is 1.14 bits per heavy atom. The zero-order valence-electron chi connectivity index (χ0n) is 19.5. The predicted octanol–water partition coefficient (Wildman–Crippen LogP) is 6.03. The van der Waals surface area contributed by atoms with Gasteiger partial charge in [0.15, 0.2) is 0 Å². The van der Waals surface area contributed by atoms with Gasteiger partial charge in [-0.2, -0.15) is 0 Å². The van der Waals surface area contributed by atoms with Crippen molar-refractivity contribution in [3.63, 3.8) is 0 Å². The number of para-hydroxylation sites is 1. The number of amides is 1. The summed E-state index contributed by atoms with van der Waals surface area (Å²) >= 11 is 1.43. The molecular formula is C28H26N4O2S. The molecule has 0 spiro atoms. The van der Waals surface area contributed by atoms with Crippen LogP contribution in [0.5, 0.6) is 11.5 Å². The largest absolute Gasteiger partial charge is 0.457 e. The van der Waals surface area contributed by atoms with Crippen LogP contribution in [0.1, 0.15) is 40.9 Å². The topological polar surface area (TPSA) is 71.9 Å². The van der Waals surface area contributed by atoms with Crippen LogP contribution in [0.25, 0.3) is 33.5 Å². The van der Waals surface area contributed by atoms with Gasteiger partial charge in [0.1, 0.15) is 26.7 Å². The Morgan fingerprint density at radius 2 is 1.94 bits per heavy atom. The van der Waals surface area contributed by atoms with Gasteiger partial charge in [0, 0.05) is 12.2 Å². The molecular weight excluding hydrogens is 456 g/mol. The van der Waals surface area contributed by atoms with Gasteiger partial charge in [-0.1, -0.05) is 37.6 Å². The summed E-state index contributed by atoms with van der Waals surface area (Å²) in [5.74, 6) is 1.54. The van der Waals surface area contributed by atoms with Gasteiger partial charge in [-0.15, -0.1) is 11.3 Å². The number of hydrogen-bond donors (Lipinski definition) is 2. The standard InChI is InChI=1S/C28H26N4O2S/c1-17-16-21(34-20-10-4-3-5-11-20)12-13-22(17)32-18(2)30-25-24-23(32)14-15-29-28(24)35-26(25)27(33)31-19-8-6-7-9-19/h3-5,10-16,19,30H,2,6-9H2,1H3,(H,31,33). The number of carbonyl (C=O) groups excluding carboxylic acids is 1. The second-order valence-electron chi connectivity index (χ2n) is 9.04. The van der Waals surface area contributed by atoms with E-state index < -0.39 is 0 Å². The molecule has 2 N–H and O–H groups in total. The number of nitrogens with zero attached hydrogens (tertiary/aromatic N) is 2. The highest BCUT2D eigenvalue weighted by Gasteiger charge is 2.24. The Bertz CT molecular complexity index is 1610. The Morgan fingerprint density at radius 3 is 2.71 bits per heavy atom. The number of aromatic amines is 1. The van der Waals surface area contributed by atoms with Crippen LogP contribution in [0.4, 0.5) is 0 Å². The Hall–Kier alpha value is -3.84. The molecule has 0 aliphatic heterocycles. The number of thiophene rings is 1. The number of aromatic nitrogens is 3. The van der Waals surface area contributed by atoms with E-state index in [-0.39, 0.29) is 11.9 Å². The lowest BCUT2D eigenvalue weighted by atomic mass is 10.1. The van der Waals surface area contributed by atoms with Crippen LogP contribution in [-0.4, -0.2) is 26.5 Å². The first-order valence-electron chi connectivity index (χ1n) is 11.9. The fraction of sp³-hybridized carbons (Fsp3) is 0.214. The zero-order valence-corrected chi connectivity index (χ0v) is 20.3. The lowest BCUT2D eigenvalue weighted by Gasteiger charge is -2.17. The normalized spacial score (nSPS) is 14.1. The molecule has 0 saturated heterocycles. The maximum absolute atomic E-state index is 13.2. The molecule has 2 aromatic carbocycles. The fourth-order valence-electron chi connectivity index (χ4n) is 4.98. The van der Waals surface area contributed by atoms with Crippen molar-refractivity contribution >= 4 is 45.1 Å². The van der Waals surface area contributed by atoms with Crippen LogP contribution in [-0.2, 0) is 0 Å². The molecule has 7 heteroatoms. The highest BCUT2D eigenvalue weighted by molar-refractivity contribution is 7.21. The van der Waals surface area contributed by atoms with Crippen LogP contribution in [0, 0.1) is 6.92 Å². The van der Waals surface area contributed by atoms with Crippen LogP contribution in [0.15, 0.2) is 60.8 Å². The van der Waals surface area contributed by atoms with Gasteiger partial charge in [-0.05, 0) is 61.7 Å². The molecule has 3 heterocycles. The van der Waals surface area contributed by atoms with Crippen molar-refractivity contribution < 1.29 is 9.53 Å². The van der Waals surface area contributed by atoms with E-state index in [0.29, 0.717) is 10.4 Å². The lowest BCUT2D eigenvalue weighted by Crippen LogP contribution is -2.32. The maximum Gasteiger partial charge on any atom is 0.263 e. The van der Waals surface area contributed by atoms with Crippen LogP contribution in [0.3, 0.4) is 0 Å². The number of carbonyl (C=O) groups is 1. The van der Waals surface area contributed by atoms with E-state index in [4.69, 9.17) is 4.74 Å². The molecule has 0 bridgehead atoms. The van der Waals surface area contributed by atoms with Gasteiger partial charge in [0.25, 0.3) is 5.91 Å². The average Bonchev–Trinajstić information content (AvgIpc) is 3.50. The van der Waals surface area contributed by atoms with Crippen molar-refractivity contribution in [1.29, 1.82) is 0 Å². The summed E-state index contributed by atoms with van der Waals surface area (Å²) < 4.78 is 8.10. The highest BCUT2D eigenvalue weighted by atomic mass is 32.1. The van der Waals surface area contributed by atoms with Crippen molar-refractivity contribution in [3.05, 3.63) is 76.7 Å². The molecule has 1 aliphatic rings. The average molecular weight is 483 g/mol. The van der Waals surface area contributed by atoms with Crippen LogP contribution < -0.4 is 15.5 Å². The fourth-order valence-corrected chi connectivity index (χ4v) is 6.00. The van der Waals surface area contributed by atoms with E-state index in [9.17, 15) is 4.79 Å². The first kappa shape index (κ1) is 21.7. The Labute approximate surface area is 206 Å². The number of pyridine rings is 1. The summed E-state index contributed by atoms with van der Waals surface area (Å²) in [6.07, 6.45) is 6.24. The summed E-state index contributed by atoms with van der Waals surface area (Å²) in [4.78, 5) is 22.7. The Kier molecular flexibility index (Phi) is 5.41. The molecule has 176 valence electrons. The molecule has 0 atom stereocenters. The van der Waals surface area contributed by atoms with E-state index >= 15 is 0 Å². The van der Waals surface area contributed by atoms with Crippen molar-refractivity contribution in [1.82, 2.24) is 19.9 Å². The number of H-pyrrole nitrogens is 1. The molecule has 1 amide bonds. The first-order valence-corrected chi connectivity index (χ1v) is 12.7. The van der Waals surface area contributed by atoms with Crippen LogP contribution >= 0.6 is 11.3 Å². The predicted molar refractivity (Wildman–Crippen MR) is 141 cm³/mol. The minimum Gasteiger partial charge on any atom is -0.457 e. The van der Waals surface area contributed by atoms with Gasteiger partial charge < -0.3 is 15.0 Å². The highest BCUT2D eigenvalue weighted by Crippen LogP contribution is 2.35. The lowest BCUT2D eigenvalue weighted by molar-refractivity contribution is 0.0943. The van der Waals surface area contributed by atoms with E-state index in [1.165, 1.54) is 24.2 Å². The third kappa shape index (κ3) is 3.91. The minimum atomic E-state index is -0.0341. The zero-order chi connectivity index (χ0) is 23.9. The first-order chi connectivity index (χ1) is 17.1. The van der Waals surface area contributed by atoms with Gasteiger partial charge in [0.05, 0.1) is 22.1 Å². The van der Waals surface area contributed by atoms with Gasteiger partial charge in [-0.25, -0.2) is 4.98 Å². The van der Waals surface area contributed by atoms with Gasteiger partial charge in [0.2, 0.25) is 0 Å². The van der Waals surface area contributed by atoms with E-state index in [1.807, 2.05) is 54.6 Å². The number of ether oxygens (including phenoxy) is 1. The number of nitrogens with one attached hydrogen (secondary N) is 2. The molecule has 35 heavy (non-hydrogen) atoms.